The summed E-state index contributed by atoms with van der Waals surface area (Å²) >= 11 is 10.9. The molecule has 1 aromatic carbocycles. The zero-order valence-corrected chi connectivity index (χ0v) is 8.47. The lowest BCUT2D eigenvalue weighted by Crippen LogP contribution is -2.18. The van der Waals surface area contributed by atoms with Crippen molar-refractivity contribution in [3.8, 4) is 5.75 Å². The summed E-state index contributed by atoms with van der Waals surface area (Å²) in [5, 5.41) is 0.0340. The molecule has 0 amide bonds. The summed E-state index contributed by atoms with van der Waals surface area (Å²) in [6, 6.07) is 6.80. The number of ether oxygens (including phenoxy) is 1. The summed E-state index contributed by atoms with van der Waals surface area (Å²) < 4.78 is 5.19. The van der Waals surface area contributed by atoms with Crippen molar-refractivity contribution < 1.29 is 9.53 Å². The highest BCUT2D eigenvalue weighted by atomic mass is 35.5. The fraction of sp³-hybridized carbons (Fsp3) is 0.222. The van der Waals surface area contributed by atoms with Crippen LogP contribution in [0.15, 0.2) is 24.3 Å². The first-order valence-corrected chi connectivity index (χ1v) is 4.47. The van der Waals surface area contributed by atoms with Gasteiger partial charge in [0.15, 0.2) is 6.10 Å². The van der Waals surface area contributed by atoms with Crippen LogP contribution >= 0.6 is 23.2 Å². The predicted octanol–water partition coefficient (Wildman–Crippen LogP) is 2.87. The largest absolute Gasteiger partial charge is 0.482 e. The second kappa shape index (κ2) is 4.49. The molecule has 2 nitrogen and oxygen atoms in total. The molecule has 0 bridgehead atoms. The molecule has 70 valence electrons. The number of benzene rings is 1. The maximum atomic E-state index is 10.6. The molecule has 0 heterocycles. The van der Waals surface area contributed by atoms with Gasteiger partial charge in [-0.05, 0) is 36.7 Å². The number of halogens is 2. The third-order valence-corrected chi connectivity index (χ3v) is 1.97. The highest BCUT2D eigenvalue weighted by Crippen LogP contribution is 2.18. The first-order chi connectivity index (χ1) is 6.09. The van der Waals surface area contributed by atoms with E-state index in [9.17, 15) is 4.79 Å². The summed E-state index contributed by atoms with van der Waals surface area (Å²) in [5.74, 6) is 0.536. The Kier molecular flexibility index (Phi) is 3.58. The Morgan fingerprint density at radius 2 is 2.23 bits per heavy atom. The van der Waals surface area contributed by atoms with Crippen LogP contribution in [0.1, 0.15) is 6.92 Å². The van der Waals surface area contributed by atoms with Crippen molar-refractivity contribution in [1.82, 2.24) is 0 Å². The zero-order chi connectivity index (χ0) is 9.84. The Balaban J connectivity index is 2.69. The molecule has 0 spiro atoms. The van der Waals surface area contributed by atoms with E-state index in [4.69, 9.17) is 27.9 Å². The minimum absolute atomic E-state index is 0.528. The van der Waals surface area contributed by atoms with E-state index in [1.807, 2.05) is 0 Å². The Hall–Kier alpha value is -0.730. The molecule has 1 rings (SSSR count). The molecule has 0 saturated carbocycles. The van der Waals surface area contributed by atoms with Gasteiger partial charge in [-0.2, -0.15) is 0 Å². The number of hydrogen-bond donors (Lipinski definition) is 0. The molecule has 0 saturated heterocycles. The van der Waals surface area contributed by atoms with E-state index in [1.54, 1.807) is 31.2 Å². The van der Waals surface area contributed by atoms with E-state index in [2.05, 4.69) is 0 Å². The number of carbonyl (C=O) groups is 1. The van der Waals surface area contributed by atoms with Gasteiger partial charge in [-0.3, -0.25) is 4.79 Å². The molecule has 13 heavy (non-hydrogen) atoms. The van der Waals surface area contributed by atoms with Crippen molar-refractivity contribution in [2.24, 2.45) is 0 Å². The van der Waals surface area contributed by atoms with Crippen LogP contribution in [0.25, 0.3) is 0 Å². The molecule has 0 aliphatic heterocycles. The van der Waals surface area contributed by atoms with Crippen molar-refractivity contribution in [1.29, 1.82) is 0 Å². The van der Waals surface area contributed by atoms with E-state index in [0.717, 1.165) is 0 Å². The SMILES string of the molecule is C[C@H](Oc1cccc(Cl)c1)C(=O)Cl. The van der Waals surface area contributed by atoms with E-state index in [-0.39, 0.29) is 0 Å². The van der Waals surface area contributed by atoms with Crippen LogP contribution in [0.4, 0.5) is 0 Å². The third-order valence-electron chi connectivity index (χ3n) is 1.43. The minimum Gasteiger partial charge on any atom is -0.482 e. The van der Waals surface area contributed by atoms with Gasteiger partial charge >= 0.3 is 0 Å². The van der Waals surface area contributed by atoms with Gasteiger partial charge in [0, 0.05) is 5.02 Å². The van der Waals surface area contributed by atoms with Crippen LogP contribution in [0.5, 0.6) is 5.75 Å². The van der Waals surface area contributed by atoms with Gasteiger partial charge in [0.1, 0.15) is 5.75 Å². The second-order valence-corrected chi connectivity index (χ2v) is 3.33. The van der Waals surface area contributed by atoms with E-state index >= 15 is 0 Å². The number of hydrogen-bond acceptors (Lipinski definition) is 2. The fourth-order valence-corrected chi connectivity index (χ4v) is 1.02. The van der Waals surface area contributed by atoms with Crippen molar-refractivity contribution >= 4 is 28.4 Å². The Morgan fingerprint density at radius 3 is 2.77 bits per heavy atom. The Labute approximate surface area is 86.4 Å². The van der Waals surface area contributed by atoms with Gasteiger partial charge in [0.2, 0.25) is 0 Å². The van der Waals surface area contributed by atoms with Crippen LogP contribution in [0, 0.1) is 0 Å². The van der Waals surface area contributed by atoms with Crippen LogP contribution in [-0.2, 0) is 4.79 Å². The molecule has 0 N–H and O–H groups in total. The Morgan fingerprint density at radius 1 is 1.54 bits per heavy atom. The molecule has 0 aromatic heterocycles. The number of carbonyl (C=O) groups excluding carboxylic acids is 1. The summed E-state index contributed by atoms with van der Waals surface area (Å²) in [4.78, 5) is 10.6. The Bertz CT molecular complexity index is 312. The van der Waals surface area contributed by atoms with Crippen molar-refractivity contribution in [2.75, 3.05) is 0 Å². The average molecular weight is 219 g/mol. The molecule has 1 atom stereocenters. The highest BCUT2D eigenvalue weighted by molar-refractivity contribution is 6.64. The van der Waals surface area contributed by atoms with Crippen LogP contribution in [-0.4, -0.2) is 11.3 Å². The van der Waals surface area contributed by atoms with Gasteiger partial charge in [-0.1, -0.05) is 17.7 Å². The summed E-state index contributed by atoms with van der Waals surface area (Å²) in [6.45, 7) is 1.58. The molecule has 4 heteroatoms. The van der Waals surface area contributed by atoms with Crippen molar-refractivity contribution in [3.05, 3.63) is 29.3 Å². The minimum atomic E-state index is -0.653. The van der Waals surface area contributed by atoms with E-state index < -0.39 is 11.3 Å². The first kappa shape index (κ1) is 10.4. The molecule has 1 aromatic rings. The molecule has 0 unspecified atom stereocenters. The zero-order valence-electron chi connectivity index (χ0n) is 6.96. The van der Waals surface area contributed by atoms with Gasteiger partial charge in [0.25, 0.3) is 5.24 Å². The van der Waals surface area contributed by atoms with Crippen molar-refractivity contribution in [3.63, 3.8) is 0 Å². The maximum Gasteiger partial charge on any atom is 0.262 e. The average Bonchev–Trinajstić information content (AvgIpc) is 2.04. The monoisotopic (exact) mass is 218 g/mol. The maximum absolute atomic E-state index is 10.6. The topological polar surface area (TPSA) is 26.3 Å². The van der Waals surface area contributed by atoms with Crippen molar-refractivity contribution in [2.45, 2.75) is 13.0 Å². The normalized spacial score (nSPS) is 12.2. The standard InChI is InChI=1S/C9H8Cl2O2/c1-6(9(11)12)13-8-4-2-3-7(10)5-8/h2-6H,1H3/t6-/m0/s1. The van der Waals surface area contributed by atoms with E-state index in [1.165, 1.54) is 0 Å². The van der Waals surface area contributed by atoms with E-state index in [0.29, 0.717) is 10.8 Å². The lowest BCUT2D eigenvalue weighted by molar-refractivity contribution is -0.117. The van der Waals surface area contributed by atoms with Gasteiger partial charge in [-0.15, -0.1) is 0 Å². The summed E-state index contributed by atoms with van der Waals surface area (Å²) in [6.07, 6.45) is -0.653. The molecule has 0 fully saturated rings. The quantitative estimate of drug-likeness (QED) is 0.730. The van der Waals surface area contributed by atoms with Gasteiger partial charge < -0.3 is 4.74 Å². The van der Waals surface area contributed by atoms with Gasteiger partial charge in [-0.25, -0.2) is 0 Å². The third kappa shape index (κ3) is 3.25. The van der Waals surface area contributed by atoms with Crippen LogP contribution < -0.4 is 4.74 Å². The highest BCUT2D eigenvalue weighted by Gasteiger charge is 2.10. The molecule has 0 radical (unpaired) electrons. The lowest BCUT2D eigenvalue weighted by Gasteiger charge is -2.09. The first-order valence-electron chi connectivity index (χ1n) is 3.71. The summed E-state index contributed by atoms with van der Waals surface area (Å²) in [5.41, 5.74) is 0. The molecule has 0 aliphatic rings. The second-order valence-electron chi connectivity index (χ2n) is 2.52. The fourth-order valence-electron chi connectivity index (χ4n) is 0.791. The predicted molar refractivity (Wildman–Crippen MR) is 52.4 cm³/mol. The lowest BCUT2D eigenvalue weighted by atomic mass is 10.3. The van der Waals surface area contributed by atoms with Crippen LogP contribution in [0.2, 0.25) is 5.02 Å². The van der Waals surface area contributed by atoms with Crippen LogP contribution in [0.3, 0.4) is 0 Å². The molecular formula is C9H8Cl2O2. The smallest absolute Gasteiger partial charge is 0.262 e. The molecular weight excluding hydrogens is 211 g/mol. The van der Waals surface area contributed by atoms with Gasteiger partial charge in [0.05, 0.1) is 0 Å². The summed E-state index contributed by atoms with van der Waals surface area (Å²) in [7, 11) is 0. The number of rotatable bonds is 3. The molecule has 0 aliphatic carbocycles.